The fourth-order valence-corrected chi connectivity index (χ4v) is 1.35. The Morgan fingerprint density at radius 1 is 1.38 bits per heavy atom. The average Bonchev–Trinajstić information content (AvgIpc) is 2.25. The molecular weight excluding hydrogens is 204 g/mol. The van der Waals surface area contributed by atoms with E-state index in [0.717, 1.165) is 5.56 Å². The molecule has 0 saturated heterocycles. The van der Waals surface area contributed by atoms with Crippen LogP contribution in [0.1, 0.15) is 13.0 Å². The van der Waals surface area contributed by atoms with Crippen LogP contribution in [0.2, 0.25) is 0 Å². The van der Waals surface area contributed by atoms with Gasteiger partial charge in [-0.25, -0.2) is 0 Å². The van der Waals surface area contributed by atoms with E-state index in [1.807, 2.05) is 30.3 Å². The molecule has 1 rings (SSSR count). The molecule has 0 amide bonds. The third-order valence-electron chi connectivity index (χ3n) is 2.12. The molecule has 0 fully saturated rings. The van der Waals surface area contributed by atoms with E-state index in [4.69, 9.17) is 10.8 Å². The summed E-state index contributed by atoms with van der Waals surface area (Å²) in [6.45, 7) is 0.961. The summed E-state index contributed by atoms with van der Waals surface area (Å²) in [6.07, 6.45) is 0.482. The van der Waals surface area contributed by atoms with Crippen molar-refractivity contribution in [3.05, 3.63) is 35.9 Å². The second kappa shape index (κ2) is 7.84. The van der Waals surface area contributed by atoms with Crippen molar-refractivity contribution in [1.82, 2.24) is 5.32 Å². The largest absolute Gasteiger partial charge is 0.480 e. The van der Waals surface area contributed by atoms with Crippen LogP contribution in [-0.4, -0.2) is 30.2 Å². The first-order valence-electron chi connectivity index (χ1n) is 4.94. The summed E-state index contributed by atoms with van der Waals surface area (Å²) in [6, 6.07) is 8.98. The van der Waals surface area contributed by atoms with E-state index < -0.39 is 12.0 Å². The first-order valence-corrected chi connectivity index (χ1v) is 4.94. The highest BCUT2D eigenvalue weighted by molar-refractivity contribution is 5.73. The van der Waals surface area contributed by atoms with Gasteiger partial charge in [0.15, 0.2) is 0 Å². The molecule has 4 N–H and O–H groups in total. The van der Waals surface area contributed by atoms with Gasteiger partial charge in [-0.15, -0.1) is 0 Å². The standard InChI is InChI=1S/C11H16N2O2.CH4/c12-6-7-13-10(11(14)15)8-9-4-2-1-3-5-9;/h1-5,10,13H,6-8,12H2,(H,14,15);1H4. The lowest BCUT2D eigenvalue weighted by Gasteiger charge is -2.13. The van der Waals surface area contributed by atoms with Crippen molar-refractivity contribution in [2.75, 3.05) is 13.1 Å². The van der Waals surface area contributed by atoms with Crippen molar-refractivity contribution in [1.29, 1.82) is 0 Å². The number of carboxylic acids is 1. The number of hydrogen-bond acceptors (Lipinski definition) is 3. The molecule has 0 aliphatic rings. The monoisotopic (exact) mass is 224 g/mol. The lowest BCUT2D eigenvalue weighted by Crippen LogP contribution is -2.40. The molecule has 1 atom stereocenters. The Balaban J connectivity index is 0.00000225. The van der Waals surface area contributed by atoms with Crippen LogP contribution < -0.4 is 11.1 Å². The maximum absolute atomic E-state index is 10.9. The summed E-state index contributed by atoms with van der Waals surface area (Å²) in [5, 5.41) is 11.9. The lowest BCUT2D eigenvalue weighted by atomic mass is 10.1. The predicted molar refractivity (Wildman–Crippen MR) is 65.4 cm³/mol. The molecule has 16 heavy (non-hydrogen) atoms. The van der Waals surface area contributed by atoms with Crippen LogP contribution >= 0.6 is 0 Å². The molecule has 0 aliphatic heterocycles. The zero-order chi connectivity index (χ0) is 11.1. The van der Waals surface area contributed by atoms with E-state index >= 15 is 0 Å². The van der Waals surface area contributed by atoms with Gasteiger partial charge in [0.2, 0.25) is 0 Å². The Morgan fingerprint density at radius 2 is 2.00 bits per heavy atom. The molecule has 0 aliphatic carbocycles. The van der Waals surface area contributed by atoms with Crippen LogP contribution in [0.5, 0.6) is 0 Å². The SMILES string of the molecule is C.NCCNC(Cc1ccccc1)C(=O)O. The third kappa shape index (κ3) is 4.91. The summed E-state index contributed by atoms with van der Waals surface area (Å²) < 4.78 is 0. The number of carboxylic acid groups (broad SMARTS) is 1. The summed E-state index contributed by atoms with van der Waals surface area (Å²) in [5.41, 5.74) is 6.32. The number of nitrogens with two attached hydrogens (primary N) is 1. The van der Waals surface area contributed by atoms with Crippen molar-refractivity contribution >= 4 is 5.97 Å². The minimum Gasteiger partial charge on any atom is -0.480 e. The van der Waals surface area contributed by atoms with Crippen molar-refractivity contribution in [3.63, 3.8) is 0 Å². The van der Waals surface area contributed by atoms with Gasteiger partial charge in [0.25, 0.3) is 0 Å². The van der Waals surface area contributed by atoms with Crippen LogP contribution in [0, 0.1) is 0 Å². The molecule has 0 heterocycles. The molecule has 4 nitrogen and oxygen atoms in total. The molecule has 0 bridgehead atoms. The topological polar surface area (TPSA) is 75.3 Å². The Labute approximate surface area is 96.5 Å². The van der Waals surface area contributed by atoms with Crippen LogP contribution in [0.25, 0.3) is 0 Å². The number of aliphatic carboxylic acids is 1. The van der Waals surface area contributed by atoms with Crippen molar-refractivity contribution in [2.24, 2.45) is 5.73 Å². The predicted octanol–water partition coefficient (Wildman–Crippen LogP) is 0.867. The van der Waals surface area contributed by atoms with Gasteiger partial charge < -0.3 is 16.2 Å². The number of nitrogens with one attached hydrogen (secondary N) is 1. The van der Waals surface area contributed by atoms with Crippen LogP contribution in [-0.2, 0) is 11.2 Å². The zero-order valence-electron chi connectivity index (χ0n) is 8.52. The Hall–Kier alpha value is -1.39. The second-order valence-electron chi connectivity index (χ2n) is 3.32. The maximum Gasteiger partial charge on any atom is 0.321 e. The van der Waals surface area contributed by atoms with Gasteiger partial charge >= 0.3 is 5.97 Å². The zero-order valence-corrected chi connectivity index (χ0v) is 8.52. The van der Waals surface area contributed by atoms with E-state index in [2.05, 4.69) is 5.32 Å². The van der Waals surface area contributed by atoms with Gasteiger partial charge in [0.1, 0.15) is 6.04 Å². The highest BCUT2D eigenvalue weighted by Crippen LogP contribution is 2.03. The van der Waals surface area contributed by atoms with Gasteiger partial charge in [-0.05, 0) is 12.0 Å². The normalized spacial score (nSPS) is 11.6. The molecule has 4 heteroatoms. The van der Waals surface area contributed by atoms with Gasteiger partial charge in [0, 0.05) is 13.1 Å². The van der Waals surface area contributed by atoms with E-state index in [0.29, 0.717) is 19.5 Å². The molecule has 0 spiro atoms. The minimum atomic E-state index is -0.840. The first-order chi connectivity index (χ1) is 7.24. The Kier molecular flexibility index (Phi) is 7.16. The van der Waals surface area contributed by atoms with E-state index in [-0.39, 0.29) is 7.43 Å². The summed E-state index contributed by atoms with van der Waals surface area (Å²) >= 11 is 0. The summed E-state index contributed by atoms with van der Waals surface area (Å²) in [5.74, 6) is -0.840. The van der Waals surface area contributed by atoms with Gasteiger partial charge in [-0.2, -0.15) is 0 Å². The Morgan fingerprint density at radius 3 is 2.50 bits per heavy atom. The molecule has 1 aromatic carbocycles. The fraction of sp³-hybridized carbons (Fsp3) is 0.417. The number of rotatable bonds is 6. The van der Waals surface area contributed by atoms with E-state index in [1.165, 1.54) is 0 Å². The van der Waals surface area contributed by atoms with Gasteiger partial charge in [-0.1, -0.05) is 37.8 Å². The highest BCUT2D eigenvalue weighted by Gasteiger charge is 2.16. The molecule has 0 saturated carbocycles. The minimum absolute atomic E-state index is 0. The first kappa shape index (κ1) is 14.6. The summed E-state index contributed by atoms with van der Waals surface area (Å²) in [7, 11) is 0. The van der Waals surface area contributed by atoms with Crippen LogP contribution in [0.3, 0.4) is 0 Å². The smallest absolute Gasteiger partial charge is 0.321 e. The van der Waals surface area contributed by atoms with Crippen molar-refractivity contribution in [3.8, 4) is 0 Å². The number of hydrogen-bond donors (Lipinski definition) is 3. The van der Waals surface area contributed by atoms with Crippen molar-refractivity contribution in [2.45, 2.75) is 19.9 Å². The van der Waals surface area contributed by atoms with Gasteiger partial charge in [-0.3, -0.25) is 4.79 Å². The molecule has 1 aromatic rings. The number of carbonyl (C=O) groups is 1. The van der Waals surface area contributed by atoms with Crippen LogP contribution in [0.4, 0.5) is 0 Å². The van der Waals surface area contributed by atoms with Crippen LogP contribution in [0.15, 0.2) is 30.3 Å². The van der Waals surface area contributed by atoms with E-state index in [9.17, 15) is 4.79 Å². The molecular formula is C12H20N2O2. The highest BCUT2D eigenvalue weighted by atomic mass is 16.4. The maximum atomic E-state index is 10.9. The Bertz CT molecular complexity index is 301. The third-order valence-corrected chi connectivity index (χ3v) is 2.12. The second-order valence-corrected chi connectivity index (χ2v) is 3.32. The molecule has 0 aromatic heterocycles. The van der Waals surface area contributed by atoms with E-state index in [1.54, 1.807) is 0 Å². The summed E-state index contributed by atoms with van der Waals surface area (Å²) in [4.78, 5) is 10.9. The molecule has 1 unspecified atom stereocenters. The number of benzene rings is 1. The lowest BCUT2D eigenvalue weighted by molar-refractivity contribution is -0.139. The van der Waals surface area contributed by atoms with Crippen molar-refractivity contribution < 1.29 is 9.90 Å². The quantitative estimate of drug-likeness (QED) is 0.670. The molecule has 0 radical (unpaired) electrons. The molecule has 90 valence electrons. The van der Waals surface area contributed by atoms with Gasteiger partial charge in [0.05, 0.1) is 0 Å². The average molecular weight is 224 g/mol. The fourth-order valence-electron chi connectivity index (χ4n) is 1.35.